The second-order valence-electron chi connectivity index (χ2n) is 7.34. The zero-order valence-corrected chi connectivity index (χ0v) is 24.7. The molecule has 8 nitrogen and oxygen atoms in total. The van der Waals surface area contributed by atoms with Crippen LogP contribution in [0.2, 0.25) is 0 Å². The molecule has 192 valence electrons. The van der Waals surface area contributed by atoms with Crippen LogP contribution >= 0.6 is 70.1 Å². The van der Waals surface area contributed by atoms with E-state index < -0.39 is 0 Å². The van der Waals surface area contributed by atoms with Crippen LogP contribution in [0, 0.1) is 0 Å². The maximum Gasteiger partial charge on any atom is 0.234 e. The second kappa shape index (κ2) is 14.2. The van der Waals surface area contributed by atoms with E-state index in [2.05, 4.69) is 29.3 Å². The maximum atomic E-state index is 12.3. The molecule has 0 saturated heterocycles. The zero-order valence-electron chi connectivity index (χ0n) is 19.8. The van der Waals surface area contributed by atoms with Gasteiger partial charge in [0.05, 0.1) is 11.5 Å². The summed E-state index contributed by atoms with van der Waals surface area (Å²) < 4.78 is 9.97. The third-order valence-corrected chi connectivity index (χ3v) is 9.67. The van der Waals surface area contributed by atoms with E-state index in [0.29, 0.717) is 0 Å². The maximum absolute atomic E-state index is 12.3. The molecule has 0 bridgehead atoms. The van der Waals surface area contributed by atoms with Crippen molar-refractivity contribution in [2.75, 3.05) is 34.7 Å². The molecule has 4 rings (SSSR count). The van der Waals surface area contributed by atoms with E-state index in [1.165, 1.54) is 70.1 Å². The summed E-state index contributed by atoms with van der Waals surface area (Å²) in [6.45, 7) is 0. The Morgan fingerprint density at radius 2 is 1.11 bits per heavy atom. The molecule has 0 atom stereocenters. The van der Waals surface area contributed by atoms with E-state index in [-0.39, 0.29) is 23.3 Å². The molecule has 0 aliphatic heterocycles. The fraction of sp³-hybridized carbons (Fsp3) is 0.217. The SMILES string of the molecule is CSc1nsc(SCC(=O)Nc2ccc(Cc3ccc(NC(=O)CSc4nc(SC)ns4)cc3)cc2)n1. The Kier molecular flexibility index (Phi) is 10.7. The number of carbonyl (C=O) groups excluding carboxylic acids is 2. The number of nitrogens with one attached hydrogen (secondary N) is 2. The van der Waals surface area contributed by atoms with Gasteiger partial charge in [0.25, 0.3) is 0 Å². The van der Waals surface area contributed by atoms with Gasteiger partial charge in [0.1, 0.15) is 0 Å². The van der Waals surface area contributed by atoms with Crippen molar-refractivity contribution in [1.82, 2.24) is 18.7 Å². The third kappa shape index (κ3) is 9.00. The Bertz CT molecular complexity index is 1220. The molecule has 37 heavy (non-hydrogen) atoms. The molecule has 0 saturated carbocycles. The number of carbonyl (C=O) groups is 2. The molecule has 2 aromatic heterocycles. The number of anilines is 2. The molecule has 4 aromatic rings. The van der Waals surface area contributed by atoms with Crippen molar-refractivity contribution in [2.24, 2.45) is 0 Å². The first kappa shape index (κ1) is 27.9. The largest absolute Gasteiger partial charge is 0.325 e. The lowest BCUT2D eigenvalue weighted by molar-refractivity contribution is -0.114. The van der Waals surface area contributed by atoms with Gasteiger partial charge in [-0.3, -0.25) is 9.59 Å². The van der Waals surface area contributed by atoms with Crippen molar-refractivity contribution in [3.8, 4) is 0 Å². The zero-order chi connectivity index (χ0) is 26.0. The summed E-state index contributed by atoms with van der Waals surface area (Å²) >= 11 is 8.35. The number of aromatic nitrogens is 4. The quantitative estimate of drug-likeness (QED) is 0.190. The molecular formula is C23H22N6O2S6. The Labute approximate surface area is 240 Å². The highest BCUT2D eigenvalue weighted by Crippen LogP contribution is 2.25. The molecule has 0 aliphatic rings. The van der Waals surface area contributed by atoms with Gasteiger partial charge in [-0.25, -0.2) is 9.97 Å². The highest BCUT2D eigenvalue weighted by molar-refractivity contribution is 8.02. The van der Waals surface area contributed by atoms with E-state index in [4.69, 9.17) is 0 Å². The topological polar surface area (TPSA) is 110 Å². The Balaban J connectivity index is 1.20. The minimum Gasteiger partial charge on any atom is -0.325 e. The lowest BCUT2D eigenvalue weighted by atomic mass is 10.0. The van der Waals surface area contributed by atoms with Crippen molar-refractivity contribution in [3.05, 3.63) is 59.7 Å². The van der Waals surface area contributed by atoms with Crippen molar-refractivity contribution in [3.63, 3.8) is 0 Å². The van der Waals surface area contributed by atoms with Crippen LogP contribution in [0.15, 0.2) is 67.5 Å². The summed E-state index contributed by atoms with van der Waals surface area (Å²) in [6, 6.07) is 15.6. The van der Waals surface area contributed by atoms with Gasteiger partial charge in [0, 0.05) is 11.4 Å². The van der Waals surface area contributed by atoms with E-state index >= 15 is 0 Å². The Morgan fingerprint density at radius 1 is 0.703 bits per heavy atom. The van der Waals surface area contributed by atoms with Crippen LogP contribution in [0.25, 0.3) is 0 Å². The molecule has 2 aromatic carbocycles. The molecule has 14 heteroatoms. The first-order valence-electron chi connectivity index (χ1n) is 10.8. The number of amides is 2. The normalized spacial score (nSPS) is 10.9. The summed E-state index contributed by atoms with van der Waals surface area (Å²) in [7, 11) is 0. The van der Waals surface area contributed by atoms with Crippen molar-refractivity contribution < 1.29 is 9.59 Å². The summed E-state index contributed by atoms with van der Waals surface area (Å²) in [6.07, 6.45) is 4.60. The minimum absolute atomic E-state index is 0.0808. The van der Waals surface area contributed by atoms with Crippen LogP contribution in [0.5, 0.6) is 0 Å². The number of hydrogen-bond acceptors (Lipinski definition) is 12. The van der Waals surface area contributed by atoms with Crippen LogP contribution < -0.4 is 10.6 Å². The molecule has 0 fully saturated rings. The predicted octanol–water partition coefficient (Wildman–Crippen LogP) is 5.89. The fourth-order valence-electron chi connectivity index (χ4n) is 2.97. The van der Waals surface area contributed by atoms with Gasteiger partial charge in [-0.2, -0.15) is 8.75 Å². The number of thioether (sulfide) groups is 4. The van der Waals surface area contributed by atoms with Crippen molar-refractivity contribution in [2.45, 2.75) is 25.4 Å². The standard InChI is InChI=1S/C23H22N6O2S6/c1-32-20-26-22(36-28-20)34-12-18(30)24-16-7-3-14(4-8-16)11-15-5-9-17(10-6-15)25-19(31)13-35-23-27-21(33-2)29-37-23/h3-10H,11-13H2,1-2H3,(H,24,30)(H,25,31). The Hall–Kier alpha value is -2.10. The van der Waals surface area contributed by atoms with Gasteiger partial charge in [-0.15, -0.1) is 0 Å². The van der Waals surface area contributed by atoms with Crippen LogP contribution in [0.1, 0.15) is 11.1 Å². The van der Waals surface area contributed by atoms with Gasteiger partial charge in [0.2, 0.25) is 22.1 Å². The minimum atomic E-state index is -0.0808. The molecule has 0 unspecified atom stereocenters. The molecule has 0 spiro atoms. The lowest BCUT2D eigenvalue weighted by Crippen LogP contribution is -2.14. The average Bonchev–Trinajstić information content (AvgIpc) is 3.58. The average molecular weight is 607 g/mol. The van der Waals surface area contributed by atoms with Crippen LogP contribution in [0.4, 0.5) is 11.4 Å². The first-order valence-corrected chi connectivity index (χ1v) is 16.8. The van der Waals surface area contributed by atoms with E-state index in [1.54, 1.807) is 0 Å². The first-order chi connectivity index (χ1) is 18.0. The lowest BCUT2D eigenvalue weighted by Gasteiger charge is -2.08. The summed E-state index contributed by atoms with van der Waals surface area (Å²) in [4.78, 5) is 33.2. The molecule has 2 heterocycles. The highest BCUT2D eigenvalue weighted by atomic mass is 32.2. The Morgan fingerprint density at radius 3 is 1.46 bits per heavy atom. The highest BCUT2D eigenvalue weighted by Gasteiger charge is 2.10. The molecule has 2 N–H and O–H groups in total. The fourth-order valence-corrected chi connectivity index (χ4v) is 6.99. The summed E-state index contributed by atoms with van der Waals surface area (Å²) in [5, 5.41) is 7.29. The molecule has 2 amide bonds. The van der Waals surface area contributed by atoms with E-state index in [1.807, 2.05) is 61.0 Å². The molecule has 0 aliphatic carbocycles. The van der Waals surface area contributed by atoms with Gasteiger partial charge >= 0.3 is 0 Å². The third-order valence-electron chi connectivity index (χ3n) is 4.68. The van der Waals surface area contributed by atoms with Crippen molar-refractivity contribution in [1.29, 1.82) is 0 Å². The number of benzene rings is 2. The number of nitrogens with zero attached hydrogens (tertiary/aromatic N) is 4. The number of hydrogen-bond donors (Lipinski definition) is 2. The van der Waals surface area contributed by atoms with Gasteiger partial charge < -0.3 is 10.6 Å². The molecular weight excluding hydrogens is 585 g/mol. The van der Waals surface area contributed by atoms with Crippen LogP contribution in [-0.2, 0) is 16.0 Å². The van der Waals surface area contributed by atoms with Crippen LogP contribution in [-0.4, -0.2) is 54.5 Å². The van der Waals surface area contributed by atoms with Gasteiger partial charge in [0.15, 0.2) is 8.68 Å². The summed E-state index contributed by atoms with van der Waals surface area (Å²) in [5.41, 5.74) is 3.76. The van der Waals surface area contributed by atoms with Crippen LogP contribution in [0.3, 0.4) is 0 Å². The number of rotatable bonds is 12. The van der Waals surface area contributed by atoms with Crippen molar-refractivity contribution >= 4 is 93.3 Å². The van der Waals surface area contributed by atoms with E-state index in [9.17, 15) is 9.59 Å². The van der Waals surface area contributed by atoms with Gasteiger partial charge in [-0.05, 0) is 77.4 Å². The summed E-state index contributed by atoms with van der Waals surface area (Å²) in [5.74, 6) is 0.409. The smallest absolute Gasteiger partial charge is 0.234 e. The predicted molar refractivity (Wildman–Crippen MR) is 158 cm³/mol. The second-order valence-corrected chi connectivity index (χ2v) is 12.8. The van der Waals surface area contributed by atoms with E-state index in [0.717, 1.165) is 47.9 Å². The van der Waals surface area contributed by atoms with Gasteiger partial charge in [-0.1, -0.05) is 71.3 Å². The molecule has 0 radical (unpaired) electrons. The monoisotopic (exact) mass is 606 g/mol.